The smallest absolute Gasteiger partial charge is 0.238 e. The van der Waals surface area contributed by atoms with Crippen LogP contribution in [0.3, 0.4) is 0 Å². The zero-order valence-electron chi connectivity index (χ0n) is 15.2. The number of benzene rings is 2. The van der Waals surface area contributed by atoms with Gasteiger partial charge in [-0.25, -0.2) is 0 Å². The fourth-order valence-corrected chi connectivity index (χ4v) is 3.75. The van der Waals surface area contributed by atoms with Gasteiger partial charge in [-0.3, -0.25) is 9.69 Å². The van der Waals surface area contributed by atoms with Crippen LogP contribution in [-0.2, 0) is 11.2 Å². The van der Waals surface area contributed by atoms with Gasteiger partial charge in [-0.1, -0.05) is 29.8 Å². The summed E-state index contributed by atoms with van der Waals surface area (Å²) in [6, 6.07) is 15.3. The van der Waals surface area contributed by atoms with Gasteiger partial charge in [0.05, 0.1) is 24.2 Å². The summed E-state index contributed by atoms with van der Waals surface area (Å²) in [5.74, 6) is 0.809. The van der Waals surface area contributed by atoms with Crippen molar-refractivity contribution in [3.8, 4) is 11.8 Å². The van der Waals surface area contributed by atoms with Crippen LogP contribution in [0.25, 0.3) is 0 Å². The van der Waals surface area contributed by atoms with Crippen molar-refractivity contribution in [2.45, 2.75) is 25.3 Å². The molecule has 0 saturated carbocycles. The molecule has 140 valence electrons. The van der Waals surface area contributed by atoms with Crippen molar-refractivity contribution in [3.05, 3.63) is 58.6 Å². The van der Waals surface area contributed by atoms with Gasteiger partial charge in [0.1, 0.15) is 11.8 Å². The molecule has 1 aliphatic heterocycles. The Morgan fingerprint density at radius 1 is 1.37 bits per heavy atom. The number of likely N-dealkylation sites (tertiary alicyclic amines) is 1. The Kier molecular flexibility index (Phi) is 6.33. The van der Waals surface area contributed by atoms with E-state index in [2.05, 4.69) is 16.3 Å². The van der Waals surface area contributed by atoms with Gasteiger partial charge in [-0.05, 0) is 55.6 Å². The second-order valence-electron chi connectivity index (χ2n) is 6.64. The molecular formula is C21H22ClN3O2. The fraction of sp³-hybridized carbons (Fsp3) is 0.333. The van der Waals surface area contributed by atoms with E-state index >= 15 is 0 Å². The van der Waals surface area contributed by atoms with Crippen molar-refractivity contribution < 1.29 is 9.53 Å². The predicted octanol–water partition coefficient (Wildman–Crippen LogP) is 3.87. The number of nitriles is 1. The van der Waals surface area contributed by atoms with Gasteiger partial charge < -0.3 is 10.1 Å². The molecule has 0 unspecified atom stereocenters. The van der Waals surface area contributed by atoms with E-state index in [4.69, 9.17) is 21.6 Å². The predicted molar refractivity (Wildman–Crippen MR) is 106 cm³/mol. The summed E-state index contributed by atoms with van der Waals surface area (Å²) in [6.07, 6.45) is 3.00. The number of carbonyl (C=O) groups is 1. The number of carbonyl (C=O) groups excluding carboxylic acids is 1. The number of halogens is 1. The van der Waals surface area contributed by atoms with E-state index in [1.54, 1.807) is 25.3 Å². The van der Waals surface area contributed by atoms with Gasteiger partial charge >= 0.3 is 0 Å². The first-order valence-corrected chi connectivity index (χ1v) is 9.34. The monoisotopic (exact) mass is 383 g/mol. The first kappa shape index (κ1) is 19.2. The van der Waals surface area contributed by atoms with Crippen LogP contribution >= 0.6 is 11.6 Å². The minimum atomic E-state index is -0.0808. The summed E-state index contributed by atoms with van der Waals surface area (Å²) in [5.41, 5.74) is 2.16. The maximum absolute atomic E-state index is 12.5. The summed E-state index contributed by atoms with van der Waals surface area (Å²) in [4.78, 5) is 14.7. The van der Waals surface area contributed by atoms with Crippen LogP contribution in [-0.4, -0.2) is 37.0 Å². The van der Waals surface area contributed by atoms with Gasteiger partial charge in [0.2, 0.25) is 5.91 Å². The SMILES string of the molecule is COc1ccccc1C[C@H]1CCCN1CC(=O)Nc1ccc(C#N)c(Cl)c1. The Morgan fingerprint density at radius 2 is 2.19 bits per heavy atom. The Balaban J connectivity index is 1.61. The Morgan fingerprint density at radius 3 is 2.93 bits per heavy atom. The molecule has 27 heavy (non-hydrogen) atoms. The lowest BCUT2D eigenvalue weighted by molar-refractivity contribution is -0.117. The largest absolute Gasteiger partial charge is 0.496 e. The maximum Gasteiger partial charge on any atom is 0.238 e. The molecule has 1 N–H and O–H groups in total. The van der Waals surface area contributed by atoms with Gasteiger partial charge in [0.15, 0.2) is 0 Å². The molecule has 2 aromatic carbocycles. The number of nitrogens with zero attached hydrogens (tertiary/aromatic N) is 2. The highest BCUT2D eigenvalue weighted by Gasteiger charge is 2.27. The van der Waals surface area contributed by atoms with E-state index in [9.17, 15) is 4.79 Å². The third-order valence-electron chi connectivity index (χ3n) is 4.87. The van der Waals surface area contributed by atoms with Crippen LogP contribution < -0.4 is 10.1 Å². The molecular weight excluding hydrogens is 362 g/mol. The highest BCUT2D eigenvalue weighted by molar-refractivity contribution is 6.32. The van der Waals surface area contributed by atoms with E-state index < -0.39 is 0 Å². The second-order valence-corrected chi connectivity index (χ2v) is 7.04. The molecule has 3 rings (SSSR count). The number of nitrogens with one attached hydrogen (secondary N) is 1. The summed E-state index contributed by atoms with van der Waals surface area (Å²) < 4.78 is 5.45. The molecule has 1 heterocycles. The zero-order valence-corrected chi connectivity index (χ0v) is 16.0. The highest BCUT2D eigenvalue weighted by atomic mass is 35.5. The fourth-order valence-electron chi connectivity index (χ4n) is 3.53. The quantitative estimate of drug-likeness (QED) is 0.822. The summed E-state index contributed by atoms with van der Waals surface area (Å²) in [6.45, 7) is 1.23. The third-order valence-corrected chi connectivity index (χ3v) is 5.18. The van der Waals surface area contributed by atoms with E-state index in [-0.39, 0.29) is 5.91 Å². The Bertz CT molecular complexity index is 863. The number of para-hydroxylation sites is 1. The van der Waals surface area contributed by atoms with E-state index in [1.165, 1.54) is 0 Å². The van der Waals surface area contributed by atoms with Crippen LogP contribution in [0.5, 0.6) is 5.75 Å². The molecule has 1 saturated heterocycles. The van der Waals surface area contributed by atoms with E-state index in [0.29, 0.717) is 28.9 Å². The van der Waals surface area contributed by atoms with Crippen LogP contribution in [0.1, 0.15) is 24.0 Å². The first-order chi connectivity index (χ1) is 13.1. The molecule has 5 nitrogen and oxygen atoms in total. The minimum Gasteiger partial charge on any atom is -0.496 e. The number of methoxy groups -OCH3 is 1. The summed E-state index contributed by atoms with van der Waals surface area (Å²) >= 11 is 6.03. The molecule has 0 bridgehead atoms. The molecule has 6 heteroatoms. The lowest BCUT2D eigenvalue weighted by Crippen LogP contribution is -2.37. The lowest BCUT2D eigenvalue weighted by atomic mass is 10.0. The number of rotatable bonds is 6. The molecule has 1 aliphatic rings. The van der Waals surface area contributed by atoms with Crippen LogP contribution in [0, 0.1) is 11.3 Å². The van der Waals surface area contributed by atoms with Crippen molar-refractivity contribution in [1.29, 1.82) is 5.26 Å². The molecule has 0 radical (unpaired) electrons. The summed E-state index contributed by atoms with van der Waals surface area (Å²) in [5, 5.41) is 12.1. The third kappa shape index (κ3) is 4.79. The highest BCUT2D eigenvalue weighted by Crippen LogP contribution is 2.26. The molecule has 1 fully saturated rings. The number of hydrogen-bond donors (Lipinski definition) is 1. The Hall–Kier alpha value is -2.55. The average molecular weight is 384 g/mol. The minimum absolute atomic E-state index is 0.0808. The number of amides is 1. The topological polar surface area (TPSA) is 65.4 Å². The molecule has 0 aliphatic carbocycles. The lowest BCUT2D eigenvalue weighted by Gasteiger charge is -2.24. The average Bonchev–Trinajstić information content (AvgIpc) is 3.09. The van der Waals surface area contributed by atoms with Gasteiger partial charge in [0, 0.05) is 11.7 Å². The second kappa shape index (κ2) is 8.90. The zero-order chi connectivity index (χ0) is 19.2. The molecule has 1 amide bonds. The van der Waals surface area contributed by atoms with Crippen LogP contribution in [0.2, 0.25) is 5.02 Å². The van der Waals surface area contributed by atoms with Crippen molar-refractivity contribution in [2.75, 3.05) is 25.5 Å². The van der Waals surface area contributed by atoms with Crippen molar-refractivity contribution >= 4 is 23.2 Å². The van der Waals surface area contributed by atoms with Crippen molar-refractivity contribution in [1.82, 2.24) is 4.90 Å². The van der Waals surface area contributed by atoms with Gasteiger partial charge in [-0.15, -0.1) is 0 Å². The van der Waals surface area contributed by atoms with E-state index in [0.717, 1.165) is 37.1 Å². The summed E-state index contributed by atoms with van der Waals surface area (Å²) in [7, 11) is 1.68. The van der Waals surface area contributed by atoms with Crippen LogP contribution in [0.4, 0.5) is 5.69 Å². The van der Waals surface area contributed by atoms with Gasteiger partial charge in [0.25, 0.3) is 0 Å². The van der Waals surface area contributed by atoms with Crippen molar-refractivity contribution in [3.63, 3.8) is 0 Å². The molecule has 0 spiro atoms. The number of hydrogen-bond acceptors (Lipinski definition) is 4. The standard InChI is InChI=1S/C21H22ClN3O2/c1-27-20-7-3-2-5-15(20)11-18-6-4-10-25(18)14-21(26)24-17-9-8-16(13-23)19(22)12-17/h2-3,5,7-9,12,18H,4,6,10-11,14H2,1H3,(H,24,26)/t18-/m1/s1. The number of anilines is 1. The molecule has 0 aromatic heterocycles. The van der Waals surface area contributed by atoms with Gasteiger partial charge in [-0.2, -0.15) is 5.26 Å². The van der Waals surface area contributed by atoms with Crippen LogP contribution in [0.15, 0.2) is 42.5 Å². The molecule has 2 aromatic rings. The van der Waals surface area contributed by atoms with Crippen molar-refractivity contribution in [2.24, 2.45) is 0 Å². The normalized spacial score (nSPS) is 16.7. The maximum atomic E-state index is 12.5. The molecule has 1 atom stereocenters. The first-order valence-electron chi connectivity index (χ1n) is 8.96. The van der Waals surface area contributed by atoms with E-state index in [1.807, 2.05) is 24.3 Å². The number of ether oxygens (including phenoxy) is 1. The Labute approximate surface area is 164 Å².